The molecular weight excluding hydrogens is 142 g/mol. The Morgan fingerprint density at radius 3 is 2.55 bits per heavy atom. The third-order valence-electron chi connectivity index (χ3n) is 2.89. The van der Waals surface area contributed by atoms with Gasteiger partial charge < -0.3 is 10.1 Å². The molecule has 2 aliphatic heterocycles. The lowest BCUT2D eigenvalue weighted by molar-refractivity contribution is -0.152. The van der Waals surface area contributed by atoms with Crippen LogP contribution in [0.5, 0.6) is 0 Å². The number of ether oxygens (including phenoxy) is 1. The molecular formula is C8H13NO2. The van der Waals surface area contributed by atoms with Gasteiger partial charge in [-0.3, -0.25) is 4.79 Å². The van der Waals surface area contributed by atoms with Crippen LogP contribution < -0.4 is 5.32 Å². The van der Waals surface area contributed by atoms with Gasteiger partial charge in [0.15, 0.2) is 0 Å². The number of hydrogen-bond acceptors (Lipinski definition) is 3. The second-order valence-electron chi connectivity index (χ2n) is 4.09. The molecule has 1 aliphatic carbocycles. The van der Waals surface area contributed by atoms with Gasteiger partial charge in [-0.2, -0.15) is 0 Å². The third-order valence-corrected chi connectivity index (χ3v) is 2.89. The van der Waals surface area contributed by atoms with Crippen LogP contribution >= 0.6 is 0 Å². The fourth-order valence-electron chi connectivity index (χ4n) is 2.45. The highest BCUT2D eigenvalue weighted by atomic mass is 16.5. The Morgan fingerprint density at radius 2 is 2.18 bits per heavy atom. The summed E-state index contributed by atoms with van der Waals surface area (Å²) in [6, 6.07) is 0. The van der Waals surface area contributed by atoms with Crippen LogP contribution in [0, 0.1) is 5.41 Å². The lowest BCUT2D eigenvalue weighted by Gasteiger charge is -2.41. The normalized spacial score (nSPS) is 46.7. The molecule has 3 heteroatoms. The molecule has 0 atom stereocenters. The Balaban J connectivity index is 2.13. The lowest BCUT2D eigenvalue weighted by Crippen LogP contribution is -2.53. The minimum absolute atomic E-state index is 0.0903. The van der Waals surface area contributed by atoms with Gasteiger partial charge in [-0.1, -0.05) is 6.92 Å². The molecule has 2 saturated heterocycles. The fourth-order valence-corrected chi connectivity index (χ4v) is 2.45. The highest BCUT2D eigenvalue weighted by molar-refractivity contribution is 5.83. The van der Waals surface area contributed by atoms with Crippen LogP contribution in [0.4, 0.5) is 0 Å². The first-order chi connectivity index (χ1) is 5.10. The zero-order chi connectivity index (χ0) is 8.11. The molecule has 2 heterocycles. The van der Waals surface area contributed by atoms with Gasteiger partial charge >= 0.3 is 5.97 Å². The van der Waals surface area contributed by atoms with Gasteiger partial charge in [0.1, 0.15) is 5.54 Å². The topological polar surface area (TPSA) is 38.3 Å². The van der Waals surface area contributed by atoms with Crippen LogP contribution in [-0.2, 0) is 9.53 Å². The van der Waals surface area contributed by atoms with E-state index < -0.39 is 0 Å². The summed E-state index contributed by atoms with van der Waals surface area (Å²) in [5, 5.41) is 3.22. The summed E-state index contributed by atoms with van der Waals surface area (Å²) in [6.07, 6.45) is 1.90. The van der Waals surface area contributed by atoms with Gasteiger partial charge in [0.05, 0.1) is 7.11 Å². The highest BCUT2D eigenvalue weighted by Crippen LogP contribution is 2.53. The summed E-state index contributed by atoms with van der Waals surface area (Å²) in [7, 11) is 1.45. The summed E-state index contributed by atoms with van der Waals surface area (Å²) in [4.78, 5) is 11.2. The van der Waals surface area contributed by atoms with E-state index in [0.29, 0.717) is 5.41 Å². The Morgan fingerprint density at radius 1 is 1.55 bits per heavy atom. The van der Waals surface area contributed by atoms with E-state index in [4.69, 9.17) is 4.74 Å². The van der Waals surface area contributed by atoms with Crippen LogP contribution in [-0.4, -0.2) is 25.2 Å². The van der Waals surface area contributed by atoms with Gasteiger partial charge in [0.2, 0.25) is 0 Å². The number of hydrogen-bond donors (Lipinski definition) is 1. The fraction of sp³-hybridized carbons (Fsp3) is 0.875. The number of carbonyl (C=O) groups excluding carboxylic acids is 1. The molecule has 3 nitrogen and oxygen atoms in total. The molecule has 0 aromatic carbocycles. The van der Waals surface area contributed by atoms with Crippen molar-refractivity contribution in [2.75, 3.05) is 13.7 Å². The average molecular weight is 155 g/mol. The van der Waals surface area contributed by atoms with Crippen molar-refractivity contribution in [1.29, 1.82) is 0 Å². The predicted molar refractivity (Wildman–Crippen MR) is 40.1 cm³/mol. The third kappa shape index (κ3) is 0.745. The number of nitrogens with one attached hydrogen (secondary N) is 1. The Labute approximate surface area is 66.1 Å². The van der Waals surface area contributed by atoms with E-state index in [2.05, 4.69) is 12.2 Å². The van der Waals surface area contributed by atoms with Crippen molar-refractivity contribution in [3.8, 4) is 0 Å². The van der Waals surface area contributed by atoms with Gasteiger partial charge in [0, 0.05) is 6.54 Å². The zero-order valence-electron chi connectivity index (χ0n) is 6.94. The maximum atomic E-state index is 11.2. The second-order valence-corrected chi connectivity index (χ2v) is 4.09. The Kier molecular flexibility index (Phi) is 1.15. The summed E-state index contributed by atoms with van der Waals surface area (Å²) in [5.74, 6) is -0.0903. The highest BCUT2D eigenvalue weighted by Gasteiger charge is 2.62. The molecule has 0 amide bonds. The van der Waals surface area contributed by atoms with Gasteiger partial charge in [0.25, 0.3) is 0 Å². The first-order valence-electron chi connectivity index (χ1n) is 3.94. The number of methoxy groups -OCH3 is 1. The molecule has 62 valence electrons. The van der Waals surface area contributed by atoms with E-state index >= 15 is 0 Å². The van der Waals surface area contributed by atoms with Crippen molar-refractivity contribution in [3.05, 3.63) is 0 Å². The molecule has 1 saturated carbocycles. The number of fused-ring (bicyclic) bond motifs is 1. The monoisotopic (exact) mass is 155 g/mol. The minimum Gasteiger partial charge on any atom is -0.468 e. The molecule has 0 spiro atoms. The minimum atomic E-state index is -0.302. The van der Waals surface area contributed by atoms with E-state index in [1.807, 2.05) is 0 Å². The Hall–Kier alpha value is -0.570. The number of esters is 1. The van der Waals surface area contributed by atoms with E-state index in [0.717, 1.165) is 19.4 Å². The van der Waals surface area contributed by atoms with Crippen LogP contribution in [0.25, 0.3) is 0 Å². The van der Waals surface area contributed by atoms with Crippen molar-refractivity contribution in [3.63, 3.8) is 0 Å². The van der Waals surface area contributed by atoms with Gasteiger partial charge in [-0.15, -0.1) is 0 Å². The van der Waals surface area contributed by atoms with Crippen LogP contribution in [0.2, 0.25) is 0 Å². The molecule has 11 heavy (non-hydrogen) atoms. The smallest absolute Gasteiger partial charge is 0.326 e. The molecule has 3 rings (SSSR count). The zero-order valence-corrected chi connectivity index (χ0v) is 6.94. The SMILES string of the molecule is COC(=O)C12CC(C)(CN1)C2. The number of carbonyl (C=O) groups is 1. The maximum absolute atomic E-state index is 11.2. The summed E-state index contributed by atoms with van der Waals surface area (Å²) in [6.45, 7) is 3.16. The first-order valence-corrected chi connectivity index (χ1v) is 3.94. The Bertz CT molecular complexity index is 206. The standard InChI is InChI=1S/C8H13NO2/c1-7-3-8(4-7,9-5-7)6(10)11-2/h9H,3-5H2,1-2H3. The number of rotatable bonds is 1. The van der Waals surface area contributed by atoms with Crippen molar-refractivity contribution >= 4 is 5.97 Å². The molecule has 0 aromatic rings. The first kappa shape index (κ1) is 7.10. The van der Waals surface area contributed by atoms with E-state index in [-0.39, 0.29) is 11.5 Å². The van der Waals surface area contributed by atoms with Crippen LogP contribution in [0.3, 0.4) is 0 Å². The molecule has 2 bridgehead atoms. The van der Waals surface area contributed by atoms with Gasteiger partial charge in [-0.05, 0) is 18.3 Å². The average Bonchev–Trinajstić information content (AvgIpc) is 2.40. The summed E-state index contributed by atoms with van der Waals surface area (Å²) < 4.78 is 4.72. The molecule has 0 unspecified atom stereocenters. The molecule has 3 fully saturated rings. The van der Waals surface area contributed by atoms with Crippen LogP contribution in [0.1, 0.15) is 19.8 Å². The maximum Gasteiger partial charge on any atom is 0.326 e. The largest absolute Gasteiger partial charge is 0.468 e. The molecule has 0 radical (unpaired) electrons. The quantitative estimate of drug-likeness (QED) is 0.553. The molecule has 3 aliphatic rings. The van der Waals surface area contributed by atoms with Crippen molar-refractivity contribution in [2.45, 2.75) is 25.3 Å². The van der Waals surface area contributed by atoms with Crippen molar-refractivity contribution in [1.82, 2.24) is 5.32 Å². The van der Waals surface area contributed by atoms with E-state index in [9.17, 15) is 4.79 Å². The van der Waals surface area contributed by atoms with Crippen molar-refractivity contribution in [2.24, 2.45) is 5.41 Å². The second kappa shape index (κ2) is 1.78. The van der Waals surface area contributed by atoms with Crippen molar-refractivity contribution < 1.29 is 9.53 Å². The summed E-state index contributed by atoms with van der Waals surface area (Å²) >= 11 is 0. The van der Waals surface area contributed by atoms with E-state index in [1.165, 1.54) is 7.11 Å². The predicted octanol–water partition coefficient (Wildman–Crippen LogP) is 0.301. The molecule has 0 aromatic heterocycles. The lowest BCUT2D eigenvalue weighted by atomic mass is 9.63. The van der Waals surface area contributed by atoms with Gasteiger partial charge in [-0.25, -0.2) is 0 Å². The van der Waals surface area contributed by atoms with Crippen LogP contribution in [0.15, 0.2) is 0 Å². The molecule has 1 N–H and O–H groups in total. The summed E-state index contributed by atoms with van der Waals surface area (Å²) in [5.41, 5.74) is 0.0672. The van der Waals surface area contributed by atoms with E-state index in [1.54, 1.807) is 0 Å².